The van der Waals surface area contributed by atoms with Crippen molar-refractivity contribution in [1.29, 1.82) is 0 Å². The molecule has 1 saturated heterocycles. The van der Waals surface area contributed by atoms with Gasteiger partial charge in [0.25, 0.3) is 10.0 Å². The zero-order valence-corrected chi connectivity index (χ0v) is 12.8. The van der Waals surface area contributed by atoms with Crippen molar-refractivity contribution < 1.29 is 12.8 Å². The second kappa shape index (κ2) is 5.48. The van der Waals surface area contributed by atoms with Crippen molar-refractivity contribution in [2.75, 3.05) is 12.3 Å². The highest BCUT2D eigenvalue weighted by Gasteiger charge is 2.38. The topological polar surface area (TPSA) is 37.4 Å². The summed E-state index contributed by atoms with van der Waals surface area (Å²) in [5.41, 5.74) is 0.426. The Labute approximate surface area is 125 Å². The molecule has 0 aliphatic carbocycles. The first kappa shape index (κ1) is 14.1. The molecule has 1 aromatic heterocycles. The third kappa shape index (κ3) is 2.39. The Bertz CT molecular complexity index is 700. The Morgan fingerprint density at radius 1 is 1.20 bits per heavy atom. The maximum Gasteiger partial charge on any atom is 0.253 e. The van der Waals surface area contributed by atoms with Crippen LogP contribution in [0.5, 0.6) is 0 Å². The van der Waals surface area contributed by atoms with Gasteiger partial charge < -0.3 is 0 Å². The minimum atomic E-state index is -3.55. The second-order valence-corrected chi connectivity index (χ2v) is 8.55. The summed E-state index contributed by atoms with van der Waals surface area (Å²) in [6, 6.07) is 9.64. The highest BCUT2D eigenvalue weighted by Crippen LogP contribution is 2.42. The molecular weight excluding hydrogens is 317 g/mol. The number of hydrogen-bond donors (Lipinski definition) is 0. The smallest absolute Gasteiger partial charge is 0.207 e. The molecule has 0 bridgehead atoms. The maximum atomic E-state index is 13.9. The van der Waals surface area contributed by atoms with Crippen LogP contribution in [0.2, 0.25) is 0 Å². The lowest BCUT2D eigenvalue weighted by molar-refractivity contribution is 0.427. The van der Waals surface area contributed by atoms with Gasteiger partial charge in [0.05, 0.1) is 5.37 Å². The average Bonchev–Trinajstić information content (AvgIpc) is 3.11. The van der Waals surface area contributed by atoms with Crippen LogP contribution in [0.4, 0.5) is 4.39 Å². The van der Waals surface area contributed by atoms with Gasteiger partial charge in [0.15, 0.2) is 0 Å². The molecule has 1 atom stereocenters. The lowest BCUT2D eigenvalue weighted by Gasteiger charge is -2.23. The summed E-state index contributed by atoms with van der Waals surface area (Å²) < 4.78 is 40.8. The first-order valence-electron chi connectivity index (χ1n) is 6.02. The predicted octanol–water partition coefficient (Wildman–Crippen LogP) is 3.32. The minimum Gasteiger partial charge on any atom is -0.207 e. The van der Waals surface area contributed by atoms with Gasteiger partial charge in [-0.15, -0.1) is 23.1 Å². The van der Waals surface area contributed by atoms with Crippen molar-refractivity contribution in [2.45, 2.75) is 9.58 Å². The first-order chi connectivity index (χ1) is 9.60. The largest absolute Gasteiger partial charge is 0.253 e. The summed E-state index contributed by atoms with van der Waals surface area (Å²) >= 11 is 2.64. The highest BCUT2D eigenvalue weighted by molar-refractivity contribution is 8.01. The van der Waals surface area contributed by atoms with E-state index in [0.29, 0.717) is 22.1 Å². The van der Waals surface area contributed by atoms with Crippen LogP contribution in [0, 0.1) is 5.82 Å². The predicted molar refractivity (Wildman–Crippen MR) is 79.8 cm³/mol. The van der Waals surface area contributed by atoms with Crippen molar-refractivity contribution >= 4 is 33.1 Å². The summed E-state index contributed by atoms with van der Waals surface area (Å²) in [4.78, 5) is 0. The van der Waals surface area contributed by atoms with Gasteiger partial charge >= 0.3 is 0 Å². The number of benzene rings is 1. The highest BCUT2D eigenvalue weighted by atomic mass is 32.2. The fraction of sp³-hybridized carbons (Fsp3) is 0.231. The van der Waals surface area contributed by atoms with Gasteiger partial charge in [-0.3, -0.25) is 0 Å². The number of thioether (sulfide) groups is 1. The average molecular weight is 329 g/mol. The summed E-state index contributed by atoms with van der Waals surface area (Å²) in [6.07, 6.45) is 0. The molecule has 0 amide bonds. The van der Waals surface area contributed by atoms with Crippen molar-refractivity contribution in [1.82, 2.24) is 4.31 Å². The SMILES string of the molecule is O=S(=O)(c1cccs1)N1CCS[C@H]1c1ccccc1F. The number of nitrogens with zero attached hydrogens (tertiary/aromatic N) is 1. The molecule has 2 heterocycles. The van der Waals surface area contributed by atoms with Gasteiger partial charge in [-0.05, 0) is 17.5 Å². The van der Waals surface area contributed by atoms with Crippen molar-refractivity contribution in [3.05, 3.63) is 53.2 Å². The van der Waals surface area contributed by atoms with Crippen LogP contribution in [-0.4, -0.2) is 25.0 Å². The van der Waals surface area contributed by atoms with Gasteiger partial charge in [0, 0.05) is 17.9 Å². The number of rotatable bonds is 3. The van der Waals surface area contributed by atoms with Gasteiger partial charge in [-0.25, -0.2) is 12.8 Å². The molecule has 0 saturated carbocycles. The van der Waals surface area contributed by atoms with E-state index in [4.69, 9.17) is 0 Å². The fourth-order valence-electron chi connectivity index (χ4n) is 2.15. The van der Waals surface area contributed by atoms with Crippen LogP contribution >= 0.6 is 23.1 Å². The van der Waals surface area contributed by atoms with E-state index >= 15 is 0 Å². The van der Waals surface area contributed by atoms with E-state index in [1.165, 1.54) is 33.5 Å². The Hall–Kier alpha value is -0.890. The molecular formula is C13H12FNO2S3. The first-order valence-corrected chi connectivity index (χ1v) is 9.39. The quantitative estimate of drug-likeness (QED) is 0.867. The molecule has 20 heavy (non-hydrogen) atoms. The maximum absolute atomic E-state index is 13.9. The normalized spacial score (nSPS) is 20.4. The molecule has 3 nitrogen and oxygen atoms in total. The second-order valence-electron chi connectivity index (χ2n) is 4.29. The van der Waals surface area contributed by atoms with Crippen molar-refractivity contribution in [2.24, 2.45) is 0 Å². The monoisotopic (exact) mass is 329 g/mol. The molecule has 0 N–H and O–H groups in total. The van der Waals surface area contributed by atoms with Crippen LogP contribution in [0.1, 0.15) is 10.9 Å². The van der Waals surface area contributed by atoms with Crippen LogP contribution in [0.3, 0.4) is 0 Å². The van der Waals surface area contributed by atoms with Crippen molar-refractivity contribution in [3.8, 4) is 0 Å². The molecule has 1 aliphatic rings. The van der Waals surface area contributed by atoms with E-state index in [9.17, 15) is 12.8 Å². The third-order valence-corrected chi connectivity index (χ3v) is 7.69. The molecule has 1 aliphatic heterocycles. The number of halogens is 1. The van der Waals surface area contributed by atoms with Crippen LogP contribution < -0.4 is 0 Å². The van der Waals surface area contributed by atoms with Gasteiger partial charge in [0.2, 0.25) is 0 Å². The Balaban J connectivity index is 2.00. The molecule has 3 rings (SSSR count). The van der Waals surface area contributed by atoms with Crippen molar-refractivity contribution in [3.63, 3.8) is 0 Å². The lowest BCUT2D eigenvalue weighted by Crippen LogP contribution is -2.30. The van der Waals surface area contributed by atoms with E-state index in [0.717, 1.165) is 0 Å². The minimum absolute atomic E-state index is 0.307. The molecule has 0 radical (unpaired) electrons. The van der Waals surface area contributed by atoms with E-state index in [1.54, 1.807) is 35.7 Å². The Morgan fingerprint density at radius 2 is 2.00 bits per heavy atom. The number of thiophene rings is 1. The van der Waals surface area contributed by atoms with Gasteiger partial charge in [-0.1, -0.05) is 24.3 Å². The zero-order valence-electron chi connectivity index (χ0n) is 10.4. The van der Waals surface area contributed by atoms with Crippen LogP contribution in [-0.2, 0) is 10.0 Å². The molecule has 2 aromatic rings. The number of hydrogen-bond acceptors (Lipinski definition) is 4. The molecule has 0 unspecified atom stereocenters. The molecule has 7 heteroatoms. The molecule has 0 spiro atoms. The fourth-order valence-corrected chi connectivity index (χ4v) is 6.52. The van der Waals surface area contributed by atoms with Crippen LogP contribution in [0.25, 0.3) is 0 Å². The third-order valence-electron chi connectivity index (χ3n) is 3.08. The molecule has 1 aromatic carbocycles. The summed E-state index contributed by atoms with van der Waals surface area (Å²) in [5.74, 6) is 0.308. The van der Waals surface area contributed by atoms with E-state index < -0.39 is 15.4 Å². The Morgan fingerprint density at radius 3 is 2.70 bits per heavy atom. The van der Waals surface area contributed by atoms with E-state index in [-0.39, 0.29) is 5.82 Å². The zero-order chi connectivity index (χ0) is 14.2. The summed E-state index contributed by atoms with van der Waals surface area (Å²) in [5, 5.41) is 1.25. The lowest BCUT2D eigenvalue weighted by atomic mass is 10.2. The molecule has 106 valence electrons. The standard InChI is InChI=1S/C13H12FNO2S3/c14-11-5-2-1-4-10(11)13-15(7-9-19-13)20(16,17)12-6-3-8-18-12/h1-6,8,13H,7,9H2/t13-/m0/s1. The number of sulfonamides is 1. The summed E-state index contributed by atoms with van der Waals surface area (Å²) in [6.45, 7) is 0.407. The Kier molecular flexibility index (Phi) is 3.85. The van der Waals surface area contributed by atoms with E-state index in [2.05, 4.69) is 0 Å². The van der Waals surface area contributed by atoms with Gasteiger partial charge in [-0.2, -0.15) is 4.31 Å². The van der Waals surface area contributed by atoms with E-state index in [1.807, 2.05) is 0 Å². The van der Waals surface area contributed by atoms with Gasteiger partial charge in [0.1, 0.15) is 10.0 Å². The molecule has 1 fully saturated rings. The van der Waals surface area contributed by atoms with Crippen LogP contribution in [0.15, 0.2) is 46.0 Å². The summed E-state index contributed by atoms with van der Waals surface area (Å²) in [7, 11) is -3.55.